The third kappa shape index (κ3) is 3.91. The summed E-state index contributed by atoms with van der Waals surface area (Å²) in [7, 11) is -2.11. The molecule has 1 aliphatic carbocycles. The molecule has 0 fully saturated rings. The Kier molecular flexibility index (Phi) is 5.10. The lowest BCUT2D eigenvalue weighted by Gasteiger charge is -2.28. The van der Waals surface area contributed by atoms with Gasteiger partial charge in [-0.25, -0.2) is 13.1 Å². The Morgan fingerprint density at radius 3 is 2.56 bits per heavy atom. The third-order valence-corrected chi connectivity index (χ3v) is 4.65. The first kappa shape index (κ1) is 15.4. The summed E-state index contributed by atoms with van der Waals surface area (Å²) in [5.74, 6) is 0. The van der Waals surface area contributed by atoms with Crippen molar-refractivity contribution < 1.29 is 18.3 Å². The van der Waals surface area contributed by atoms with E-state index in [2.05, 4.69) is 4.72 Å². The molecule has 1 aliphatic rings. The van der Waals surface area contributed by atoms with E-state index in [0.29, 0.717) is 11.3 Å². The molecule has 0 aliphatic heterocycles. The van der Waals surface area contributed by atoms with E-state index in [9.17, 15) is 13.5 Å². The van der Waals surface area contributed by atoms with Crippen LogP contribution < -0.4 is 4.72 Å². The van der Waals surface area contributed by atoms with Gasteiger partial charge in [-0.15, -0.1) is 0 Å². The minimum atomic E-state index is -3.57. The number of ether oxygens (including phenoxy) is 1. The van der Waals surface area contributed by atoms with Gasteiger partial charge < -0.3 is 9.84 Å². The van der Waals surface area contributed by atoms with Crippen molar-refractivity contribution in [2.24, 2.45) is 0 Å². The predicted octanol–water partition coefficient (Wildman–Crippen LogP) is 0.927. The Balaban J connectivity index is 2.88. The molecule has 0 amide bonds. The summed E-state index contributed by atoms with van der Waals surface area (Å²) in [5, 5.41) is 9.28. The highest BCUT2D eigenvalue weighted by Gasteiger charge is 2.31. The van der Waals surface area contributed by atoms with E-state index in [1.807, 2.05) is 13.0 Å². The highest BCUT2D eigenvalue weighted by Crippen LogP contribution is 2.23. The van der Waals surface area contributed by atoms with Crippen molar-refractivity contribution in [2.75, 3.05) is 20.3 Å². The summed E-state index contributed by atoms with van der Waals surface area (Å²) in [6, 6.07) is 0. The van der Waals surface area contributed by atoms with E-state index < -0.39 is 15.6 Å². The smallest absolute Gasteiger partial charge is 0.237 e. The summed E-state index contributed by atoms with van der Waals surface area (Å²) < 4.78 is 31.8. The van der Waals surface area contributed by atoms with Gasteiger partial charge in [0.25, 0.3) is 0 Å². The molecule has 1 atom stereocenters. The second kappa shape index (κ2) is 5.97. The van der Waals surface area contributed by atoms with Crippen molar-refractivity contribution in [2.45, 2.75) is 32.2 Å². The first-order chi connectivity index (χ1) is 8.33. The number of aliphatic hydroxyl groups excluding tert-OH is 1. The van der Waals surface area contributed by atoms with Crippen molar-refractivity contribution in [3.8, 4) is 0 Å². The van der Waals surface area contributed by atoms with Gasteiger partial charge in [0, 0.05) is 7.11 Å². The standard InChI is InChI=1S/C12H21NO4S/c1-10-4-6-11(7-5-10)18(15,16)13-12(2,8-14)9-17-3/h4,6,13-14H,5,7-9H2,1-3H3. The molecule has 1 rings (SSSR count). The maximum Gasteiger partial charge on any atom is 0.237 e. The van der Waals surface area contributed by atoms with Crippen LogP contribution in [0.5, 0.6) is 0 Å². The van der Waals surface area contributed by atoms with Crippen molar-refractivity contribution in [3.05, 3.63) is 22.6 Å². The van der Waals surface area contributed by atoms with Gasteiger partial charge in [0.1, 0.15) is 0 Å². The first-order valence-electron chi connectivity index (χ1n) is 5.83. The summed E-state index contributed by atoms with van der Waals surface area (Å²) in [5.41, 5.74) is 0.167. The van der Waals surface area contributed by atoms with Gasteiger partial charge in [0.2, 0.25) is 10.0 Å². The number of methoxy groups -OCH3 is 1. The van der Waals surface area contributed by atoms with Crippen LogP contribution in [0, 0.1) is 0 Å². The van der Waals surface area contributed by atoms with E-state index in [4.69, 9.17) is 4.74 Å². The minimum Gasteiger partial charge on any atom is -0.394 e. The maximum atomic E-state index is 12.2. The molecule has 0 saturated carbocycles. The van der Waals surface area contributed by atoms with Crippen molar-refractivity contribution in [3.63, 3.8) is 0 Å². The second-order valence-electron chi connectivity index (χ2n) is 4.90. The Hall–Kier alpha value is -0.690. The number of aliphatic hydroxyl groups is 1. The molecule has 0 heterocycles. The van der Waals surface area contributed by atoms with E-state index in [-0.39, 0.29) is 13.2 Å². The minimum absolute atomic E-state index is 0.116. The maximum absolute atomic E-state index is 12.2. The lowest BCUT2D eigenvalue weighted by atomic mass is 10.1. The summed E-state index contributed by atoms with van der Waals surface area (Å²) in [4.78, 5) is 0.351. The summed E-state index contributed by atoms with van der Waals surface area (Å²) >= 11 is 0. The van der Waals surface area contributed by atoms with Crippen LogP contribution in [0.25, 0.3) is 0 Å². The zero-order chi connectivity index (χ0) is 13.8. The van der Waals surface area contributed by atoms with Gasteiger partial charge in [-0.05, 0) is 32.8 Å². The molecular weight excluding hydrogens is 254 g/mol. The Morgan fingerprint density at radius 1 is 1.44 bits per heavy atom. The topological polar surface area (TPSA) is 75.6 Å². The molecule has 104 valence electrons. The summed E-state index contributed by atoms with van der Waals surface area (Å²) in [6.07, 6.45) is 4.66. The van der Waals surface area contributed by atoms with Crippen LogP contribution in [0.4, 0.5) is 0 Å². The number of hydrogen-bond donors (Lipinski definition) is 2. The molecule has 5 nitrogen and oxygen atoms in total. The number of sulfonamides is 1. The summed E-state index contributed by atoms with van der Waals surface area (Å²) in [6.45, 7) is 3.38. The van der Waals surface area contributed by atoms with Crippen LogP contribution >= 0.6 is 0 Å². The molecule has 6 heteroatoms. The monoisotopic (exact) mass is 275 g/mol. The molecule has 1 unspecified atom stereocenters. The van der Waals surface area contributed by atoms with Crippen LogP contribution in [0.1, 0.15) is 26.7 Å². The fourth-order valence-electron chi connectivity index (χ4n) is 1.76. The number of nitrogens with one attached hydrogen (secondary N) is 1. The molecule has 0 bridgehead atoms. The van der Waals surface area contributed by atoms with Gasteiger partial charge in [0.15, 0.2) is 0 Å². The van der Waals surface area contributed by atoms with Crippen LogP contribution in [0.3, 0.4) is 0 Å². The van der Waals surface area contributed by atoms with E-state index >= 15 is 0 Å². The second-order valence-corrected chi connectivity index (χ2v) is 6.64. The average Bonchev–Trinajstić information content (AvgIpc) is 2.29. The van der Waals surface area contributed by atoms with Gasteiger partial charge in [-0.3, -0.25) is 0 Å². The molecule has 2 N–H and O–H groups in total. The zero-order valence-electron chi connectivity index (χ0n) is 11.1. The molecule has 0 aromatic carbocycles. The van der Waals surface area contributed by atoms with Gasteiger partial charge in [0.05, 0.1) is 23.7 Å². The van der Waals surface area contributed by atoms with Crippen LogP contribution in [0.2, 0.25) is 0 Å². The van der Waals surface area contributed by atoms with Crippen molar-refractivity contribution >= 4 is 10.0 Å². The van der Waals surface area contributed by atoms with Crippen LogP contribution in [-0.2, 0) is 14.8 Å². The third-order valence-electron chi connectivity index (χ3n) is 2.86. The van der Waals surface area contributed by atoms with Gasteiger partial charge in [-0.1, -0.05) is 11.6 Å². The fourth-order valence-corrected chi connectivity index (χ4v) is 3.28. The molecular formula is C12H21NO4S. The SMILES string of the molecule is COCC(C)(CO)NS(=O)(=O)C1=CC=C(C)CC1. The van der Waals surface area contributed by atoms with E-state index in [0.717, 1.165) is 12.0 Å². The average molecular weight is 275 g/mol. The van der Waals surface area contributed by atoms with Crippen molar-refractivity contribution in [1.82, 2.24) is 4.72 Å². The van der Waals surface area contributed by atoms with Crippen LogP contribution in [-0.4, -0.2) is 39.4 Å². The van der Waals surface area contributed by atoms with E-state index in [1.165, 1.54) is 7.11 Å². The quantitative estimate of drug-likeness (QED) is 0.756. The molecule has 0 aromatic rings. The number of allylic oxidation sites excluding steroid dienone is 4. The molecule has 0 radical (unpaired) electrons. The molecule has 0 spiro atoms. The highest BCUT2D eigenvalue weighted by atomic mass is 32.2. The first-order valence-corrected chi connectivity index (χ1v) is 7.31. The largest absolute Gasteiger partial charge is 0.394 e. The normalized spacial score (nSPS) is 20.0. The Morgan fingerprint density at radius 2 is 2.11 bits per heavy atom. The predicted molar refractivity (Wildman–Crippen MR) is 70.5 cm³/mol. The Bertz CT molecular complexity index is 453. The number of rotatable bonds is 6. The van der Waals surface area contributed by atoms with Crippen molar-refractivity contribution in [1.29, 1.82) is 0 Å². The van der Waals surface area contributed by atoms with Gasteiger partial charge in [-0.2, -0.15) is 0 Å². The molecule has 18 heavy (non-hydrogen) atoms. The zero-order valence-corrected chi connectivity index (χ0v) is 11.9. The van der Waals surface area contributed by atoms with E-state index in [1.54, 1.807) is 13.0 Å². The lowest BCUT2D eigenvalue weighted by molar-refractivity contribution is 0.0874. The lowest BCUT2D eigenvalue weighted by Crippen LogP contribution is -2.52. The van der Waals surface area contributed by atoms with Crippen LogP contribution in [0.15, 0.2) is 22.6 Å². The van der Waals surface area contributed by atoms with Gasteiger partial charge >= 0.3 is 0 Å². The molecule has 0 aromatic heterocycles. The molecule has 0 saturated heterocycles. The Labute approximate surface area is 109 Å². The fraction of sp³-hybridized carbons (Fsp3) is 0.667. The number of hydrogen-bond acceptors (Lipinski definition) is 4. The highest BCUT2D eigenvalue weighted by molar-refractivity contribution is 7.93.